The molecule has 2 aromatic carbocycles. The highest BCUT2D eigenvalue weighted by molar-refractivity contribution is 7.95. The quantitative estimate of drug-likeness (QED) is 0.0807. The van der Waals surface area contributed by atoms with Crippen LogP contribution < -0.4 is 16.0 Å². The summed E-state index contributed by atoms with van der Waals surface area (Å²) in [5.41, 5.74) is 1.07. The number of halogens is 2. The minimum absolute atomic E-state index is 0.0175. The first-order chi connectivity index (χ1) is 27.9. The van der Waals surface area contributed by atoms with E-state index in [9.17, 15) is 38.3 Å². The third-order valence-corrected chi connectivity index (χ3v) is 10.5. The van der Waals surface area contributed by atoms with Gasteiger partial charge in [0.05, 0.1) is 18.6 Å². The normalized spacial score (nSPS) is 14.2. The lowest BCUT2D eigenvalue weighted by Crippen LogP contribution is -2.52. The summed E-state index contributed by atoms with van der Waals surface area (Å²) in [7, 11) is -0.0198. The molecule has 1 aromatic heterocycles. The number of aromatic nitrogens is 1. The topological polar surface area (TPSA) is 179 Å². The Morgan fingerprint density at radius 3 is 2.19 bits per heavy atom. The second kappa shape index (κ2) is 20.9. The van der Waals surface area contributed by atoms with E-state index in [1.165, 1.54) is 11.8 Å². The molecule has 0 aliphatic carbocycles. The molecule has 2 heterocycles. The number of hydrogen-bond acceptors (Lipinski definition) is 8. The lowest BCUT2D eigenvalue weighted by molar-refractivity contribution is -0.144. The molecule has 3 aromatic rings. The fourth-order valence-corrected chi connectivity index (χ4v) is 7.09. The monoisotopic (exact) mass is 839 g/mol. The average Bonchev–Trinajstić information content (AvgIpc) is 3.74. The van der Waals surface area contributed by atoms with Gasteiger partial charge in [-0.05, 0) is 59.5 Å². The van der Waals surface area contributed by atoms with Crippen LogP contribution in [0, 0.1) is 17.0 Å². The number of benzene rings is 2. The van der Waals surface area contributed by atoms with Gasteiger partial charge in [-0.25, -0.2) is 13.6 Å². The van der Waals surface area contributed by atoms with Gasteiger partial charge in [-0.3, -0.25) is 28.9 Å². The highest BCUT2D eigenvalue weighted by Gasteiger charge is 2.38. The first-order valence-electron chi connectivity index (χ1n) is 19.1. The Kier molecular flexibility index (Phi) is 16.4. The highest BCUT2D eigenvalue weighted by atomic mass is 32.2. The van der Waals surface area contributed by atoms with E-state index in [2.05, 4.69) is 16.0 Å². The van der Waals surface area contributed by atoms with Crippen molar-refractivity contribution in [3.05, 3.63) is 95.8 Å². The van der Waals surface area contributed by atoms with Crippen molar-refractivity contribution in [2.75, 3.05) is 51.1 Å². The van der Waals surface area contributed by atoms with Gasteiger partial charge in [-0.2, -0.15) is 0 Å². The smallest absolute Gasteiger partial charge is 0.407 e. The number of hydrogen-bond donors (Lipinski definition) is 4. The minimum Gasteiger partial charge on any atom is -0.445 e. The van der Waals surface area contributed by atoms with Crippen LogP contribution in [-0.4, -0.2) is 118 Å². The second-order valence-electron chi connectivity index (χ2n) is 15.4. The van der Waals surface area contributed by atoms with Gasteiger partial charge in [0.1, 0.15) is 42.7 Å². The Morgan fingerprint density at radius 1 is 0.932 bits per heavy atom. The Hall–Kier alpha value is -5.55. The molecule has 4 N–H and O–H groups in total. The molecule has 1 aliphatic heterocycles. The molecule has 4 rings (SSSR count). The number of carbonyl (C=O) groups excluding carboxylic acids is 6. The molecule has 14 nitrogen and oxygen atoms in total. The van der Waals surface area contributed by atoms with E-state index in [1.807, 2.05) is 68.2 Å². The zero-order chi connectivity index (χ0) is 43.4. The third-order valence-electron chi connectivity index (χ3n) is 9.56. The summed E-state index contributed by atoms with van der Waals surface area (Å²) in [6.07, 6.45) is 6.79. The van der Waals surface area contributed by atoms with Crippen LogP contribution in [0.15, 0.2) is 72.9 Å². The summed E-state index contributed by atoms with van der Waals surface area (Å²) >= 11 is 0. The molecule has 0 bridgehead atoms. The molecule has 59 heavy (non-hydrogen) atoms. The SMILES string of the molecule is C[C@H](C(=O)NCCNC(=O)[C@H](CCN(C(=O)CO)[C@@H](c1cc(-c2cc(F)ccc2F)cn1Cc1ccccc1)C(C)(C)C)NC(=O)OCC[S+](C)C)N1C(=O)C=CC1=O. The van der Waals surface area contributed by atoms with Crippen molar-refractivity contribution in [3.8, 4) is 11.1 Å². The molecular weight excluding hydrogens is 787 g/mol. The number of amides is 6. The van der Waals surface area contributed by atoms with Gasteiger partial charge in [0.15, 0.2) is 0 Å². The van der Waals surface area contributed by atoms with Crippen molar-refractivity contribution in [1.29, 1.82) is 0 Å². The maximum atomic E-state index is 15.2. The molecule has 0 saturated carbocycles. The average molecular weight is 840 g/mol. The Labute approximate surface area is 345 Å². The summed E-state index contributed by atoms with van der Waals surface area (Å²) in [4.78, 5) is 79.3. The van der Waals surface area contributed by atoms with Crippen LogP contribution in [-0.2, 0) is 46.1 Å². The number of imide groups is 1. The van der Waals surface area contributed by atoms with E-state index in [-0.39, 0.29) is 49.1 Å². The van der Waals surface area contributed by atoms with Crippen LogP contribution in [0.1, 0.15) is 51.4 Å². The highest BCUT2D eigenvalue weighted by Crippen LogP contribution is 2.41. The van der Waals surface area contributed by atoms with E-state index >= 15 is 4.39 Å². The lowest BCUT2D eigenvalue weighted by Gasteiger charge is -2.41. The van der Waals surface area contributed by atoms with Gasteiger partial charge in [0.2, 0.25) is 17.7 Å². The minimum atomic E-state index is -1.26. The van der Waals surface area contributed by atoms with E-state index in [0.29, 0.717) is 23.6 Å². The number of alkyl carbamates (subject to hydrolysis) is 1. The zero-order valence-electron chi connectivity index (χ0n) is 34.1. The first-order valence-corrected chi connectivity index (χ1v) is 21.3. The fourth-order valence-electron chi connectivity index (χ4n) is 6.68. The molecule has 0 spiro atoms. The molecule has 3 atom stereocenters. The molecule has 0 fully saturated rings. The van der Waals surface area contributed by atoms with Crippen molar-refractivity contribution >= 4 is 46.5 Å². The Balaban J connectivity index is 1.61. The predicted octanol–water partition coefficient (Wildman–Crippen LogP) is 3.30. The number of aliphatic hydroxyl groups is 1. The number of aliphatic hydroxyl groups excluding tert-OH is 1. The maximum absolute atomic E-state index is 15.2. The van der Waals surface area contributed by atoms with Crippen LogP contribution in [0.25, 0.3) is 11.1 Å². The number of nitrogens with one attached hydrogen (secondary N) is 3. The van der Waals surface area contributed by atoms with Gasteiger partial charge in [-0.1, -0.05) is 51.1 Å². The van der Waals surface area contributed by atoms with Crippen LogP contribution in [0.2, 0.25) is 0 Å². The van der Waals surface area contributed by atoms with E-state index in [0.717, 1.165) is 40.8 Å². The van der Waals surface area contributed by atoms with E-state index in [1.54, 1.807) is 12.3 Å². The molecule has 6 amide bonds. The van der Waals surface area contributed by atoms with Gasteiger partial charge in [0.25, 0.3) is 11.8 Å². The summed E-state index contributed by atoms with van der Waals surface area (Å²) in [5, 5.41) is 18.1. The maximum Gasteiger partial charge on any atom is 0.407 e. The van der Waals surface area contributed by atoms with Gasteiger partial charge >= 0.3 is 6.09 Å². The van der Waals surface area contributed by atoms with Crippen molar-refractivity contribution < 1.29 is 47.4 Å². The predicted molar refractivity (Wildman–Crippen MR) is 220 cm³/mol. The lowest BCUT2D eigenvalue weighted by atomic mass is 9.82. The fraction of sp³-hybridized carbons (Fsp3) is 0.429. The molecule has 0 radical (unpaired) electrons. The van der Waals surface area contributed by atoms with Crippen molar-refractivity contribution in [3.63, 3.8) is 0 Å². The Bertz CT molecular complexity index is 2000. The molecular formula is C42H53F2N6O8S+. The summed E-state index contributed by atoms with van der Waals surface area (Å²) in [6.45, 7) is 6.21. The van der Waals surface area contributed by atoms with E-state index < -0.39 is 77.4 Å². The first kappa shape index (κ1) is 46.1. The number of rotatable bonds is 19. The zero-order valence-corrected chi connectivity index (χ0v) is 34.9. The summed E-state index contributed by atoms with van der Waals surface area (Å²) < 4.78 is 36.8. The molecule has 318 valence electrons. The molecule has 1 aliphatic rings. The third kappa shape index (κ3) is 12.7. The number of nitrogens with zero attached hydrogens (tertiary/aromatic N) is 3. The van der Waals surface area contributed by atoms with Crippen molar-refractivity contribution in [2.24, 2.45) is 5.41 Å². The number of ether oxygens (including phenoxy) is 1. The standard InChI is InChI=1S/C42H52F2N6O8S/c1-27(50-35(52)14-15-36(50)53)39(55)45-17-18-46-40(56)33(47-41(57)58-20-21-59(5)6)16-19-49(37(54)26-51)38(42(2,3)4)34-22-29(31-23-30(43)12-13-32(31)44)25-48(34)24-28-10-8-7-9-11-28/h7-15,22-23,25,27,33,38,51H,16-21,24,26H2,1-6H3,(H2-,45,46,47,55,56,57)/p+1/t27-,33+,38+/m1/s1. The summed E-state index contributed by atoms with van der Waals surface area (Å²) in [5.74, 6) is -3.88. The van der Waals surface area contributed by atoms with Gasteiger partial charge < -0.3 is 35.3 Å². The second-order valence-corrected chi connectivity index (χ2v) is 17.7. The van der Waals surface area contributed by atoms with Crippen LogP contribution in [0.5, 0.6) is 0 Å². The van der Waals surface area contributed by atoms with Crippen molar-refractivity contribution in [1.82, 2.24) is 30.3 Å². The van der Waals surface area contributed by atoms with Crippen LogP contribution >= 0.6 is 0 Å². The molecule has 0 saturated heterocycles. The van der Waals surface area contributed by atoms with Crippen molar-refractivity contribution in [2.45, 2.75) is 58.8 Å². The van der Waals surface area contributed by atoms with Gasteiger partial charge in [0, 0.05) is 61.3 Å². The summed E-state index contributed by atoms with van der Waals surface area (Å²) in [6, 6.07) is 11.1. The largest absolute Gasteiger partial charge is 0.445 e. The van der Waals surface area contributed by atoms with Crippen LogP contribution in [0.3, 0.4) is 0 Å². The Morgan fingerprint density at radius 2 is 1.58 bits per heavy atom. The van der Waals surface area contributed by atoms with E-state index in [4.69, 9.17) is 4.74 Å². The molecule has 0 unspecified atom stereocenters. The van der Waals surface area contributed by atoms with Gasteiger partial charge in [-0.15, -0.1) is 0 Å². The number of carbonyl (C=O) groups is 6. The van der Waals surface area contributed by atoms with Crippen LogP contribution in [0.4, 0.5) is 13.6 Å². The molecule has 17 heteroatoms.